The molecule has 1 aliphatic heterocycles. The van der Waals surface area contributed by atoms with Crippen molar-refractivity contribution in [2.45, 2.75) is 37.0 Å². The van der Waals surface area contributed by atoms with Crippen LogP contribution in [0.15, 0.2) is 59.5 Å². The van der Waals surface area contributed by atoms with Crippen LogP contribution in [0.3, 0.4) is 0 Å². The molecule has 176 valence electrons. The Hall–Kier alpha value is -3.30. The second-order valence-corrected chi connectivity index (χ2v) is 10.4. The number of ether oxygens (including phenoxy) is 1. The Morgan fingerprint density at radius 3 is 2.32 bits per heavy atom. The van der Waals surface area contributed by atoms with Gasteiger partial charge in [0.2, 0.25) is 10.0 Å². The molecule has 0 amide bonds. The van der Waals surface area contributed by atoms with E-state index in [0.717, 1.165) is 49.0 Å². The van der Waals surface area contributed by atoms with Crippen LogP contribution in [-0.4, -0.2) is 54.0 Å². The third-order valence-corrected chi connectivity index (χ3v) is 8.25. The third-order valence-electron chi connectivity index (χ3n) is 6.34. The first-order chi connectivity index (χ1) is 16.4. The number of hydrogen-bond donors (Lipinski definition) is 0. The van der Waals surface area contributed by atoms with Gasteiger partial charge in [-0.25, -0.2) is 17.9 Å². The van der Waals surface area contributed by atoms with Crippen molar-refractivity contribution in [1.29, 1.82) is 0 Å². The van der Waals surface area contributed by atoms with Crippen LogP contribution in [0.4, 0.5) is 0 Å². The van der Waals surface area contributed by atoms with Crippen LogP contribution in [0.1, 0.15) is 51.4 Å². The van der Waals surface area contributed by atoms with Gasteiger partial charge in [0.15, 0.2) is 18.1 Å². The van der Waals surface area contributed by atoms with E-state index in [4.69, 9.17) is 4.74 Å². The molecule has 0 unspecified atom stereocenters. The van der Waals surface area contributed by atoms with Crippen molar-refractivity contribution < 1.29 is 22.7 Å². The van der Waals surface area contributed by atoms with Gasteiger partial charge in [-0.2, -0.15) is 9.40 Å². The average molecular weight is 480 g/mol. The molecular weight excluding hydrogens is 454 g/mol. The highest BCUT2D eigenvalue weighted by atomic mass is 32.2. The van der Waals surface area contributed by atoms with Crippen molar-refractivity contribution >= 4 is 21.8 Å². The van der Waals surface area contributed by atoms with Crippen LogP contribution in [0.2, 0.25) is 0 Å². The Morgan fingerprint density at radius 2 is 1.62 bits per heavy atom. The van der Waals surface area contributed by atoms with E-state index in [9.17, 15) is 18.0 Å². The number of ketones is 1. The molecule has 5 rings (SSSR count). The van der Waals surface area contributed by atoms with E-state index in [-0.39, 0.29) is 16.2 Å². The first-order valence-corrected chi connectivity index (χ1v) is 12.9. The summed E-state index contributed by atoms with van der Waals surface area (Å²) < 4.78 is 33.8. The summed E-state index contributed by atoms with van der Waals surface area (Å²) in [5.74, 6) is -1.04. The summed E-state index contributed by atoms with van der Waals surface area (Å²) in [4.78, 5) is 25.5. The zero-order valence-corrected chi connectivity index (χ0v) is 19.5. The molecule has 3 aromatic rings. The summed E-state index contributed by atoms with van der Waals surface area (Å²) >= 11 is 0. The van der Waals surface area contributed by atoms with Gasteiger partial charge in [0.25, 0.3) is 0 Å². The van der Waals surface area contributed by atoms with Crippen LogP contribution >= 0.6 is 0 Å². The topological polar surface area (TPSA) is 98.6 Å². The number of benzene rings is 2. The lowest BCUT2D eigenvalue weighted by atomic mass is 10.1. The Balaban J connectivity index is 1.27. The van der Waals surface area contributed by atoms with Crippen LogP contribution in [0.25, 0.3) is 5.69 Å². The number of carbonyl (C=O) groups excluding carboxylic acids is 2. The summed E-state index contributed by atoms with van der Waals surface area (Å²) in [6.45, 7) is 0.593. The van der Waals surface area contributed by atoms with Gasteiger partial charge in [0.05, 0.1) is 10.6 Å². The highest BCUT2D eigenvalue weighted by Gasteiger charge is 2.29. The molecule has 2 aromatic carbocycles. The van der Waals surface area contributed by atoms with Crippen molar-refractivity contribution in [2.75, 3.05) is 19.7 Å². The van der Waals surface area contributed by atoms with Gasteiger partial charge >= 0.3 is 5.97 Å². The summed E-state index contributed by atoms with van der Waals surface area (Å²) in [5.41, 5.74) is 3.28. The van der Waals surface area contributed by atoms with Crippen molar-refractivity contribution in [2.24, 2.45) is 0 Å². The van der Waals surface area contributed by atoms with E-state index in [1.807, 2.05) is 30.3 Å². The fourth-order valence-corrected chi connectivity index (χ4v) is 6.07. The van der Waals surface area contributed by atoms with Gasteiger partial charge in [0, 0.05) is 29.9 Å². The monoisotopic (exact) mass is 479 g/mol. The summed E-state index contributed by atoms with van der Waals surface area (Å²) in [6, 6.07) is 15.4. The molecule has 2 aliphatic rings. The summed E-state index contributed by atoms with van der Waals surface area (Å²) in [6.07, 6.45) is 4.22. The van der Waals surface area contributed by atoms with Crippen molar-refractivity contribution in [1.82, 2.24) is 14.1 Å². The summed E-state index contributed by atoms with van der Waals surface area (Å²) in [7, 11) is -3.54. The first kappa shape index (κ1) is 22.5. The molecule has 0 bridgehead atoms. The number of fused-ring (bicyclic) bond motifs is 1. The molecule has 34 heavy (non-hydrogen) atoms. The predicted octanol–water partition coefficient (Wildman–Crippen LogP) is 3.19. The number of aromatic nitrogens is 2. The van der Waals surface area contributed by atoms with Crippen LogP contribution in [0, 0.1) is 0 Å². The molecule has 1 aromatic heterocycles. The maximum atomic E-state index is 12.8. The number of esters is 1. The molecule has 2 heterocycles. The SMILES string of the molecule is O=C(COC(=O)c1nn(-c2ccccc2)c2c1CCC2)c1ccc(S(=O)(=O)N2CCCC2)cc1. The van der Waals surface area contributed by atoms with Gasteiger partial charge in [0.1, 0.15) is 0 Å². The molecule has 0 atom stereocenters. The number of Topliss-reactive ketones (excluding diaryl/α,β-unsaturated/α-hetero) is 1. The number of nitrogens with zero attached hydrogens (tertiary/aromatic N) is 3. The molecule has 0 N–H and O–H groups in total. The minimum atomic E-state index is -3.54. The van der Waals surface area contributed by atoms with Gasteiger partial charge in [-0.05, 0) is 68.5 Å². The zero-order valence-electron chi connectivity index (χ0n) is 18.6. The number of rotatable bonds is 7. The second-order valence-electron chi connectivity index (χ2n) is 8.51. The smallest absolute Gasteiger partial charge is 0.359 e. The van der Waals surface area contributed by atoms with Gasteiger partial charge in [-0.1, -0.05) is 18.2 Å². The molecule has 1 fully saturated rings. The second kappa shape index (κ2) is 9.15. The van der Waals surface area contributed by atoms with E-state index in [2.05, 4.69) is 5.10 Å². The Labute approximate surface area is 198 Å². The number of hydrogen-bond acceptors (Lipinski definition) is 6. The van der Waals surface area contributed by atoms with Crippen LogP contribution < -0.4 is 0 Å². The first-order valence-electron chi connectivity index (χ1n) is 11.4. The standard InChI is InChI=1S/C25H25N3O5S/c29-23(18-11-13-20(14-12-18)34(31,32)27-15-4-5-16-27)17-33-25(30)24-21-9-6-10-22(21)28(26-24)19-7-2-1-3-8-19/h1-3,7-8,11-14H,4-6,9-10,15-17H2. The van der Waals surface area contributed by atoms with Crippen LogP contribution in [-0.2, 0) is 27.6 Å². The van der Waals surface area contributed by atoms with Gasteiger partial charge < -0.3 is 4.74 Å². The van der Waals surface area contributed by atoms with E-state index < -0.39 is 28.4 Å². The number of carbonyl (C=O) groups is 2. The molecule has 0 spiro atoms. The maximum Gasteiger partial charge on any atom is 0.359 e. The van der Waals surface area contributed by atoms with E-state index in [1.165, 1.54) is 28.6 Å². The van der Waals surface area contributed by atoms with Crippen LogP contribution in [0.5, 0.6) is 0 Å². The lowest BCUT2D eigenvalue weighted by molar-refractivity contribution is 0.0467. The Bertz CT molecular complexity index is 1320. The number of para-hydroxylation sites is 1. The van der Waals surface area contributed by atoms with Crippen molar-refractivity contribution in [3.05, 3.63) is 77.1 Å². The summed E-state index contributed by atoms with van der Waals surface area (Å²) in [5, 5.41) is 4.49. The fraction of sp³-hybridized carbons (Fsp3) is 0.320. The molecule has 0 radical (unpaired) electrons. The molecule has 1 saturated heterocycles. The lowest BCUT2D eigenvalue weighted by Gasteiger charge is -2.15. The maximum absolute atomic E-state index is 12.8. The largest absolute Gasteiger partial charge is 0.453 e. The lowest BCUT2D eigenvalue weighted by Crippen LogP contribution is -2.27. The zero-order chi connectivity index (χ0) is 23.7. The number of sulfonamides is 1. The van der Waals surface area contributed by atoms with Crippen molar-refractivity contribution in [3.63, 3.8) is 0 Å². The molecule has 1 aliphatic carbocycles. The molecule has 9 heteroatoms. The average Bonchev–Trinajstić information content (AvgIpc) is 3.62. The highest BCUT2D eigenvalue weighted by molar-refractivity contribution is 7.89. The van der Waals surface area contributed by atoms with Gasteiger partial charge in [-0.3, -0.25) is 4.79 Å². The quantitative estimate of drug-likeness (QED) is 0.381. The normalized spacial score (nSPS) is 15.9. The van der Waals surface area contributed by atoms with Gasteiger partial charge in [-0.15, -0.1) is 0 Å². The van der Waals surface area contributed by atoms with E-state index in [1.54, 1.807) is 4.68 Å². The Morgan fingerprint density at radius 1 is 0.912 bits per heavy atom. The predicted molar refractivity (Wildman–Crippen MR) is 125 cm³/mol. The highest BCUT2D eigenvalue weighted by Crippen LogP contribution is 2.28. The molecule has 8 nitrogen and oxygen atoms in total. The molecule has 0 saturated carbocycles. The minimum Gasteiger partial charge on any atom is -0.453 e. The van der Waals surface area contributed by atoms with E-state index >= 15 is 0 Å². The fourth-order valence-electron chi connectivity index (χ4n) is 4.56. The minimum absolute atomic E-state index is 0.157. The Kier molecular flexibility index (Phi) is 6.05. The van der Waals surface area contributed by atoms with E-state index in [0.29, 0.717) is 13.1 Å². The van der Waals surface area contributed by atoms with Crippen molar-refractivity contribution in [3.8, 4) is 5.69 Å². The molecular formula is C25H25N3O5S. The third kappa shape index (κ3) is 4.17.